The quantitative estimate of drug-likeness (QED) is 0.198. The maximum atomic E-state index is 5.04. The van der Waals surface area contributed by atoms with Gasteiger partial charge in [0.1, 0.15) is 0 Å². The molecule has 1 atom stereocenters. The van der Waals surface area contributed by atoms with Gasteiger partial charge in [-0.25, -0.2) is 15.0 Å². The largest absolute Gasteiger partial charge is 0.373 e. The molecule has 9 aromatic rings. The first kappa shape index (κ1) is 29.5. The predicted octanol–water partition coefficient (Wildman–Crippen LogP) is 12.1. The van der Waals surface area contributed by atoms with E-state index in [1.807, 2.05) is 47.7 Å². The lowest BCUT2D eigenvalue weighted by molar-refractivity contribution is 0.948. The van der Waals surface area contributed by atoms with Crippen molar-refractivity contribution in [1.29, 1.82) is 0 Å². The third-order valence-electron chi connectivity index (χ3n) is 9.80. The average Bonchev–Trinajstić information content (AvgIpc) is 3.61. The molecule has 4 nitrogen and oxygen atoms in total. The fraction of sp³-hybridized carbons (Fsp3) is 0.0217. The Morgan fingerprint density at radius 1 is 0.431 bits per heavy atom. The fourth-order valence-corrected chi connectivity index (χ4v) is 8.52. The van der Waals surface area contributed by atoms with Crippen LogP contribution in [0.2, 0.25) is 0 Å². The summed E-state index contributed by atoms with van der Waals surface area (Å²) in [6.07, 6.45) is 0. The van der Waals surface area contributed by atoms with E-state index in [4.69, 9.17) is 15.0 Å². The average molecular weight is 671 g/mol. The van der Waals surface area contributed by atoms with Gasteiger partial charge in [-0.15, -0.1) is 11.3 Å². The molecule has 0 radical (unpaired) electrons. The van der Waals surface area contributed by atoms with E-state index in [1.54, 1.807) is 0 Å². The Bertz CT molecular complexity index is 2700. The molecule has 240 valence electrons. The molecule has 0 fully saturated rings. The molecule has 1 aliphatic heterocycles. The Hall–Kier alpha value is -6.43. The van der Waals surface area contributed by atoms with Crippen molar-refractivity contribution in [2.75, 3.05) is 5.32 Å². The second-order valence-electron chi connectivity index (χ2n) is 12.9. The van der Waals surface area contributed by atoms with Crippen LogP contribution in [-0.4, -0.2) is 15.0 Å². The Morgan fingerprint density at radius 3 is 1.63 bits per heavy atom. The number of nitrogens with one attached hydrogen (secondary N) is 1. The molecule has 1 aliphatic rings. The van der Waals surface area contributed by atoms with Crippen molar-refractivity contribution < 1.29 is 0 Å². The standard InChI is InChI=1S/C46H30N4S/c1-3-11-29(12-4-1)30-19-23-34(24-20-30)45-48-44(33-14-5-2-6-15-33)49-46(50-45)35-25-21-32(22-26-35)41-40-37-17-9-10-18-39(37)51-43(40)38-28-27-31-13-7-8-16-36(31)42(38)47-41/h1-28,41,47H. The minimum Gasteiger partial charge on any atom is -0.373 e. The van der Waals surface area contributed by atoms with Crippen molar-refractivity contribution in [2.24, 2.45) is 0 Å². The third-order valence-corrected chi connectivity index (χ3v) is 11.0. The number of fused-ring (bicyclic) bond motifs is 7. The van der Waals surface area contributed by atoms with Gasteiger partial charge in [-0.1, -0.05) is 164 Å². The number of hydrogen-bond acceptors (Lipinski definition) is 5. The van der Waals surface area contributed by atoms with Crippen molar-refractivity contribution in [1.82, 2.24) is 15.0 Å². The summed E-state index contributed by atoms with van der Waals surface area (Å²) in [6, 6.07) is 59.6. The molecule has 0 amide bonds. The van der Waals surface area contributed by atoms with E-state index in [1.165, 1.54) is 53.7 Å². The summed E-state index contributed by atoms with van der Waals surface area (Å²) < 4.78 is 1.30. The first-order valence-electron chi connectivity index (χ1n) is 17.1. The van der Waals surface area contributed by atoms with Gasteiger partial charge in [-0.3, -0.25) is 0 Å². The van der Waals surface area contributed by atoms with Gasteiger partial charge in [-0.05, 0) is 33.5 Å². The number of hydrogen-bond donors (Lipinski definition) is 1. The molecule has 0 saturated heterocycles. The molecule has 0 spiro atoms. The Morgan fingerprint density at radius 2 is 0.941 bits per heavy atom. The van der Waals surface area contributed by atoms with Gasteiger partial charge < -0.3 is 5.32 Å². The van der Waals surface area contributed by atoms with Gasteiger partial charge in [0.2, 0.25) is 0 Å². The summed E-state index contributed by atoms with van der Waals surface area (Å²) in [6.45, 7) is 0. The van der Waals surface area contributed by atoms with Crippen LogP contribution in [0.1, 0.15) is 17.2 Å². The van der Waals surface area contributed by atoms with Gasteiger partial charge in [-0.2, -0.15) is 0 Å². The summed E-state index contributed by atoms with van der Waals surface area (Å²) in [5, 5.41) is 7.76. The highest BCUT2D eigenvalue weighted by Crippen LogP contribution is 2.52. The molecule has 2 aromatic heterocycles. The topological polar surface area (TPSA) is 50.7 Å². The molecule has 5 heteroatoms. The number of thiophene rings is 1. The Balaban J connectivity index is 1.06. The van der Waals surface area contributed by atoms with Crippen LogP contribution in [0.4, 0.5) is 5.69 Å². The van der Waals surface area contributed by atoms with E-state index < -0.39 is 0 Å². The minimum atomic E-state index is -0.0135. The zero-order valence-electron chi connectivity index (χ0n) is 27.5. The van der Waals surface area contributed by atoms with E-state index in [9.17, 15) is 0 Å². The summed E-state index contributed by atoms with van der Waals surface area (Å²) in [7, 11) is 0. The van der Waals surface area contributed by atoms with Crippen molar-refractivity contribution in [2.45, 2.75) is 6.04 Å². The van der Waals surface area contributed by atoms with Crippen molar-refractivity contribution in [3.63, 3.8) is 0 Å². The van der Waals surface area contributed by atoms with Crippen LogP contribution in [0.3, 0.4) is 0 Å². The summed E-state index contributed by atoms with van der Waals surface area (Å²) >= 11 is 1.88. The molecule has 0 saturated carbocycles. The summed E-state index contributed by atoms with van der Waals surface area (Å²) in [5.41, 5.74) is 10.1. The maximum Gasteiger partial charge on any atom is 0.164 e. The first-order chi connectivity index (χ1) is 25.3. The van der Waals surface area contributed by atoms with Crippen LogP contribution >= 0.6 is 11.3 Å². The molecule has 7 aromatic carbocycles. The zero-order valence-corrected chi connectivity index (χ0v) is 28.3. The monoisotopic (exact) mass is 670 g/mol. The molecule has 1 unspecified atom stereocenters. The lowest BCUT2D eigenvalue weighted by Crippen LogP contribution is -2.17. The zero-order chi connectivity index (χ0) is 33.7. The van der Waals surface area contributed by atoms with Crippen LogP contribution in [0.15, 0.2) is 170 Å². The lowest BCUT2D eigenvalue weighted by atomic mass is 9.88. The molecular formula is C46H30N4S. The number of rotatable bonds is 5. The lowest BCUT2D eigenvalue weighted by Gasteiger charge is -2.29. The van der Waals surface area contributed by atoms with Crippen LogP contribution < -0.4 is 5.32 Å². The highest BCUT2D eigenvalue weighted by atomic mass is 32.1. The normalized spacial score (nSPS) is 13.5. The third kappa shape index (κ3) is 5.18. The Kier molecular flexibility index (Phi) is 7.03. The number of aromatic nitrogens is 3. The molecule has 1 N–H and O–H groups in total. The fourth-order valence-electron chi connectivity index (χ4n) is 7.25. The highest BCUT2D eigenvalue weighted by molar-refractivity contribution is 7.22. The number of nitrogens with zero attached hydrogens (tertiary/aromatic N) is 3. The van der Waals surface area contributed by atoms with E-state index in [2.05, 4.69) is 139 Å². The van der Waals surface area contributed by atoms with E-state index >= 15 is 0 Å². The van der Waals surface area contributed by atoms with Crippen molar-refractivity contribution in [3.8, 4) is 55.7 Å². The highest BCUT2D eigenvalue weighted by Gasteiger charge is 2.30. The van der Waals surface area contributed by atoms with E-state index in [-0.39, 0.29) is 6.04 Å². The van der Waals surface area contributed by atoms with Crippen LogP contribution in [0.5, 0.6) is 0 Å². The second kappa shape index (κ2) is 12.2. The summed E-state index contributed by atoms with van der Waals surface area (Å²) in [4.78, 5) is 16.3. The van der Waals surface area contributed by atoms with Gasteiger partial charge in [0, 0.05) is 42.8 Å². The summed E-state index contributed by atoms with van der Waals surface area (Å²) in [5.74, 6) is 1.94. The van der Waals surface area contributed by atoms with Crippen LogP contribution in [-0.2, 0) is 0 Å². The smallest absolute Gasteiger partial charge is 0.164 e. The first-order valence-corrected chi connectivity index (χ1v) is 18.0. The molecule has 0 aliphatic carbocycles. The molecule has 10 rings (SSSR count). The Labute approximate surface area is 299 Å². The van der Waals surface area contributed by atoms with Gasteiger partial charge >= 0.3 is 0 Å². The maximum absolute atomic E-state index is 5.04. The van der Waals surface area contributed by atoms with E-state index in [0.29, 0.717) is 17.5 Å². The number of anilines is 1. The molecule has 3 heterocycles. The molecule has 51 heavy (non-hydrogen) atoms. The van der Waals surface area contributed by atoms with Crippen molar-refractivity contribution in [3.05, 3.63) is 181 Å². The molecular weight excluding hydrogens is 641 g/mol. The predicted molar refractivity (Wildman–Crippen MR) is 212 cm³/mol. The van der Waals surface area contributed by atoms with Gasteiger partial charge in [0.15, 0.2) is 17.5 Å². The SMILES string of the molecule is c1ccc(-c2ccc(-c3nc(-c4ccccc4)nc(-c4ccc(C5Nc6c(ccc7ccccc67)-c6sc7ccccc7c65)cc4)n3)cc2)cc1. The second-order valence-corrected chi connectivity index (χ2v) is 13.9. The van der Waals surface area contributed by atoms with Gasteiger partial charge in [0.25, 0.3) is 0 Å². The number of benzene rings is 7. The van der Waals surface area contributed by atoms with Crippen LogP contribution in [0.25, 0.3) is 76.6 Å². The van der Waals surface area contributed by atoms with Crippen molar-refractivity contribution >= 4 is 37.9 Å². The molecule has 0 bridgehead atoms. The van der Waals surface area contributed by atoms with Crippen LogP contribution in [0, 0.1) is 0 Å². The van der Waals surface area contributed by atoms with Gasteiger partial charge in [0.05, 0.1) is 11.7 Å². The van der Waals surface area contributed by atoms with E-state index in [0.717, 1.165) is 22.3 Å². The minimum absolute atomic E-state index is 0.0135.